The Kier molecular flexibility index (Phi) is 46.4. The van der Waals surface area contributed by atoms with Crippen molar-refractivity contribution in [1.29, 1.82) is 0 Å². The lowest BCUT2D eigenvalue weighted by Crippen LogP contribution is -2.28. The second-order valence-corrected chi connectivity index (χ2v) is 16.5. The Bertz CT molecular complexity index is 950. The van der Waals surface area contributed by atoms with Gasteiger partial charge in [-0.2, -0.15) is 0 Å². The summed E-state index contributed by atoms with van der Waals surface area (Å²) in [6, 6.07) is 0. The van der Waals surface area contributed by atoms with Gasteiger partial charge in [0.15, 0.2) is 6.10 Å². The number of esters is 2. The minimum Gasteiger partial charge on any atom is -0.462 e. The molecule has 0 amide bonds. The van der Waals surface area contributed by atoms with E-state index in [4.69, 9.17) is 9.47 Å². The highest BCUT2D eigenvalue weighted by molar-refractivity contribution is 5.70. The molecule has 0 saturated carbocycles. The maximum absolute atomic E-state index is 12.2. The van der Waals surface area contributed by atoms with Crippen molar-refractivity contribution in [1.82, 2.24) is 0 Å². The van der Waals surface area contributed by atoms with Crippen LogP contribution < -0.4 is 0 Å². The molecule has 0 saturated heterocycles. The fraction of sp³-hybridized carbons (Fsp3) is 0.808. The Hall–Kier alpha value is -2.14. The smallest absolute Gasteiger partial charge is 0.306 e. The molecule has 57 heavy (non-hydrogen) atoms. The molecule has 0 aromatic rings. The van der Waals surface area contributed by atoms with E-state index in [9.17, 15) is 14.7 Å². The van der Waals surface area contributed by atoms with Crippen LogP contribution in [0.5, 0.6) is 0 Å². The molecule has 0 bridgehead atoms. The van der Waals surface area contributed by atoms with Crippen LogP contribution in [0.1, 0.15) is 251 Å². The van der Waals surface area contributed by atoms with Crippen LogP contribution in [-0.2, 0) is 19.1 Å². The average molecular weight is 799 g/mol. The predicted molar refractivity (Wildman–Crippen MR) is 247 cm³/mol. The second kappa shape index (κ2) is 48.2. The van der Waals surface area contributed by atoms with Crippen molar-refractivity contribution in [3.05, 3.63) is 48.6 Å². The summed E-state index contributed by atoms with van der Waals surface area (Å²) in [5.41, 5.74) is 0. The average Bonchev–Trinajstić information content (AvgIpc) is 3.21. The molecule has 1 unspecified atom stereocenters. The van der Waals surface area contributed by atoms with Crippen LogP contribution in [0.3, 0.4) is 0 Å². The van der Waals surface area contributed by atoms with Crippen molar-refractivity contribution < 1.29 is 24.2 Å². The van der Waals surface area contributed by atoms with E-state index in [0.717, 1.165) is 57.8 Å². The Morgan fingerprint density at radius 2 is 0.719 bits per heavy atom. The first-order valence-electron chi connectivity index (χ1n) is 24.7. The summed E-state index contributed by atoms with van der Waals surface area (Å²) in [6.07, 6.45) is 62.1. The lowest BCUT2D eigenvalue weighted by molar-refractivity contribution is -0.161. The SMILES string of the molecule is CCCC/C=C\C/C=C\CCCCCCCC(=O)OCC(CO)OC(=O)CCCCCCCCCCCCCCCCCCC/C=C\C/C=C\CCCCCCC. The van der Waals surface area contributed by atoms with Crippen molar-refractivity contribution in [2.75, 3.05) is 13.2 Å². The summed E-state index contributed by atoms with van der Waals surface area (Å²) < 4.78 is 10.6. The minimum atomic E-state index is -0.776. The maximum atomic E-state index is 12.2. The number of hydrogen-bond donors (Lipinski definition) is 1. The van der Waals surface area contributed by atoms with Gasteiger partial charge in [-0.25, -0.2) is 0 Å². The Balaban J connectivity index is 3.46. The van der Waals surface area contributed by atoms with Crippen LogP contribution in [0, 0.1) is 0 Å². The van der Waals surface area contributed by atoms with Crippen LogP contribution in [0.25, 0.3) is 0 Å². The fourth-order valence-corrected chi connectivity index (χ4v) is 7.07. The van der Waals surface area contributed by atoms with Gasteiger partial charge in [-0.3, -0.25) is 9.59 Å². The van der Waals surface area contributed by atoms with Crippen LogP contribution in [-0.4, -0.2) is 36.4 Å². The predicted octanol–water partition coefficient (Wildman–Crippen LogP) is 16.1. The molecule has 0 fully saturated rings. The Morgan fingerprint density at radius 3 is 1.09 bits per heavy atom. The van der Waals surface area contributed by atoms with E-state index < -0.39 is 6.10 Å². The van der Waals surface area contributed by atoms with E-state index in [-0.39, 0.29) is 25.2 Å². The van der Waals surface area contributed by atoms with Gasteiger partial charge in [-0.15, -0.1) is 0 Å². The van der Waals surface area contributed by atoms with Gasteiger partial charge in [0.2, 0.25) is 0 Å². The number of hydrogen-bond acceptors (Lipinski definition) is 5. The molecule has 0 radical (unpaired) electrons. The van der Waals surface area contributed by atoms with Crippen molar-refractivity contribution >= 4 is 11.9 Å². The molecule has 1 N–H and O–H groups in total. The number of aliphatic hydroxyl groups excluding tert-OH is 1. The molecular weight excluding hydrogens is 705 g/mol. The third-order valence-electron chi connectivity index (χ3n) is 10.8. The van der Waals surface area contributed by atoms with Gasteiger partial charge in [-0.05, 0) is 70.6 Å². The van der Waals surface area contributed by atoms with Crippen LogP contribution in [0.15, 0.2) is 48.6 Å². The van der Waals surface area contributed by atoms with E-state index in [1.54, 1.807) is 0 Å². The van der Waals surface area contributed by atoms with Gasteiger partial charge >= 0.3 is 11.9 Å². The monoisotopic (exact) mass is 799 g/mol. The molecule has 332 valence electrons. The molecule has 0 heterocycles. The quantitative estimate of drug-likeness (QED) is 0.0377. The van der Waals surface area contributed by atoms with Crippen molar-refractivity contribution in [3.63, 3.8) is 0 Å². The molecule has 0 aliphatic carbocycles. The molecule has 0 aliphatic heterocycles. The van der Waals surface area contributed by atoms with E-state index in [1.807, 2.05) is 0 Å². The summed E-state index contributed by atoms with van der Waals surface area (Å²) in [4.78, 5) is 24.4. The Morgan fingerprint density at radius 1 is 0.404 bits per heavy atom. The number of aliphatic hydroxyl groups is 1. The van der Waals surface area contributed by atoms with Crippen molar-refractivity contribution in [2.24, 2.45) is 0 Å². The van der Waals surface area contributed by atoms with Crippen LogP contribution in [0.2, 0.25) is 0 Å². The normalized spacial score (nSPS) is 12.5. The van der Waals surface area contributed by atoms with Crippen molar-refractivity contribution in [2.45, 2.75) is 258 Å². The van der Waals surface area contributed by atoms with Gasteiger partial charge in [-0.1, -0.05) is 217 Å². The number of unbranched alkanes of at least 4 members (excludes halogenated alkanes) is 29. The highest BCUT2D eigenvalue weighted by Gasteiger charge is 2.16. The zero-order valence-corrected chi connectivity index (χ0v) is 37.9. The largest absolute Gasteiger partial charge is 0.462 e. The zero-order chi connectivity index (χ0) is 41.4. The molecule has 1 atom stereocenters. The van der Waals surface area contributed by atoms with E-state index in [2.05, 4.69) is 62.5 Å². The number of carbonyl (C=O) groups excluding carboxylic acids is 2. The van der Waals surface area contributed by atoms with E-state index >= 15 is 0 Å². The van der Waals surface area contributed by atoms with Gasteiger partial charge in [0.05, 0.1) is 6.61 Å². The first kappa shape index (κ1) is 54.9. The van der Waals surface area contributed by atoms with E-state index in [0.29, 0.717) is 12.8 Å². The van der Waals surface area contributed by atoms with Crippen molar-refractivity contribution in [3.8, 4) is 0 Å². The van der Waals surface area contributed by atoms with Gasteiger partial charge in [0.1, 0.15) is 6.61 Å². The molecule has 5 nitrogen and oxygen atoms in total. The summed E-state index contributed by atoms with van der Waals surface area (Å²) in [7, 11) is 0. The van der Waals surface area contributed by atoms with Gasteiger partial charge in [0, 0.05) is 12.8 Å². The lowest BCUT2D eigenvalue weighted by atomic mass is 10.0. The maximum Gasteiger partial charge on any atom is 0.306 e. The molecule has 0 aliphatic rings. The third-order valence-corrected chi connectivity index (χ3v) is 10.8. The highest BCUT2D eigenvalue weighted by atomic mass is 16.6. The lowest BCUT2D eigenvalue weighted by Gasteiger charge is -2.15. The first-order chi connectivity index (χ1) is 28.1. The second-order valence-electron chi connectivity index (χ2n) is 16.5. The van der Waals surface area contributed by atoms with Gasteiger partial charge in [0.25, 0.3) is 0 Å². The number of ether oxygens (including phenoxy) is 2. The fourth-order valence-electron chi connectivity index (χ4n) is 7.07. The van der Waals surface area contributed by atoms with Crippen LogP contribution >= 0.6 is 0 Å². The third kappa shape index (κ3) is 46.4. The summed E-state index contributed by atoms with van der Waals surface area (Å²) in [5.74, 6) is -0.600. The first-order valence-corrected chi connectivity index (χ1v) is 24.7. The molecular formula is C52H94O5. The number of rotatable bonds is 45. The number of carbonyl (C=O) groups is 2. The summed E-state index contributed by atoms with van der Waals surface area (Å²) >= 11 is 0. The number of allylic oxidation sites excluding steroid dienone is 8. The molecule has 0 aromatic heterocycles. The van der Waals surface area contributed by atoms with E-state index in [1.165, 1.54) is 167 Å². The minimum absolute atomic E-state index is 0.0717. The highest BCUT2D eigenvalue weighted by Crippen LogP contribution is 2.16. The molecule has 0 spiro atoms. The molecule has 5 heteroatoms. The zero-order valence-electron chi connectivity index (χ0n) is 37.9. The summed E-state index contributed by atoms with van der Waals surface area (Å²) in [5, 5.41) is 9.60. The van der Waals surface area contributed by atoms with Crippen LogP contribution in [0.4, 0.5) is 0 Å². The van der Waals surface area contributed by atoms with Gasteiger partial charge < -0.3 is 14.6 Å². The summed E-state index contributed by atoms with van der Waals surface area (Å²) in [6.45, 7) is 4.09. The Labute approximate surface area is 354 Å². The molecule has 0 rings (SSSR count). The topological polar surface area (TPSA) is 72.8 Å². The standard InChI is InChI=1S/C52H94O5/c1-3-5-7-9-11-13-15-17-19-20-21-22-23-24-25-26-27-28-29-30-31-32-33-35-37-39-41-43-45-47-52(55)57-50(48-53)49-56-51(54)46-44-42-40-38-36-34-18-16-14-12-10-8-6-4-2/h10,12,15-18,20-21,50,53H,3-9,11,13-14,19,22-49H2,1-2H3/b12-10-,17-15-,18-16-,21-20-. The molecule has 0 aromatic carbocycles.